The van der Waals surface area contributed by atoms with Gasteiger partial charge in [0, 0.05) is 11.0 Å². The van der Waals surface area contributed by atoms with E-state index >= 15 is 0 Å². The molecule has 0 aliphatic heterocycles. The van der Waals surface area contributed by atoms with Crippen LogP contribution >= 0.6 is 11.8 Å². The molecule has 0 aliphatic carbocycles. The number of esters is 2. The Morgan fingerprint density at radius 3 is 2.29 bits per heavy atom. The summed E-state index contributed by atoms with van der Waals surface area (Å²) in [4.78, 5) is 21.6. The number of carbonyl (C=O) groups is 2. The minimum absolute atomic E-state index is 0.173. The largest absolute Gasteiger partial charge is 0.469 e. The molecule has 82 valence electrons. The molecule has 0 aromatic rings. The number of carbonyl (C=O) groups excluding carboxylic acids is 2. The second kappa shape index (κ2) is 7.67. The second-order valence-electron chi connectivity index (χ2n) is 2.79. The van der Waals surface area contributed by atoms with Gasteiger partial charge in [0.2, 0.25) is 0 Å². The standard InChI is InChI=1S/C9H16O4S/c1-7(6-9(11)13-3)14-5-4-8(10)12-2/h7H,4-6H2,1-3H3. The molecule has 0 bridgehead atoms. The Kier molecular flexibility index (Phi) is 7.28. The molecule has 0 amide bonds. The highest BCUT2D eigenvalue weighted by Crippen LogP contribution is 2.15. The lowest BCUT2D eigenvalue weighted by Gasteiger charge is -2.08. The van der Waals surface area contributed by atoms with Crippen LogP contribution in [0.15, 0.2) is 0 Å². The van der Waals surface area contributed by atoms with Gasteiger partial charge in [-0.05, 0) is 0 Å². The van der Waals surface area contributed by atoms with Crippen LogP contribution in [0.2, 0.25) is 0 Å². The van der Waals surface area contributed by atoms with Gasteiger partial charge in [-0.15, -0.1) is 0 Å². The number of methoxy groups -OCH3 is 2. The van der Waals surface area contributed by atoms with Gasteiger partial charge in [-0.1, -0.05) is 6.92 Å². The summed E-state index contributed by atoms with van der Waals surface area (Å²) in [6, 6.07) is 0. The van der Waals surface area contributed by atoms with E-state index in [1.54, 1.807) is 11.8 Å². The SMILES string of the molecule is COC(=O)CCSC(C)CC(=O)OC. The van der Waals surface area contributed by atoms with Crippen molar-refractivity contribution in [3.63, 3.8) is 0 Å². The first-order chi connectivity index (χ1) is 6.60. The Balaban J connectivity index is 3.49. The quantitative estimate of drug-likeness (QED) is 0.630. The molecular formula is C9H16O4S. The first-order valence-corrected chi connectivity index (χ1v) is 5.40. The molecule has 0 heterocycles. The molecule has 0 radical (unpaired) electrons. The smallest absolute Gasteiger partial charge is 0.306 e. The van der Waals surface area contributed by atoms with Crippen LogP contribution in [-0.4, -0.2) is 37.2 Å². The van der Waals surface area contributed by atoms with Gasteiger partial charge in [0.05, 0.1) is 27.1 Å². The van der Waals surface area contributed by atoms with Crippen molar-refractivity contribution in [3.05, 3.63) is 0 Å². The maximum atomic E-state index is 10.8. The van der Waals surface area contributed by atoms with Crippen LogP contribution in [0.5, 0.6) is 0 Å². The summed E-state index contributed by atoms with van der Waals surface area (Å²) in [6.45, 7) is 1.93. The fourth-order valence-corrected chi connectivity index (χ4v) is 1.76. The van der Waals surface area contributed by atoms with E-state index in [0.29, 0.717) is 18.6 Å². The van der Waals surface area contributed by atoms with Crippen molar-refractivity contribution in [2.24, 2.45) is 0 Å². The zero-order valence-electron chi connectivity index (χ0n) is 8.74. The average Bonchev–Trinajstić information content (AvgIpc) is 2.17. The maximum absolute atomic E-state index is 10.8. The average molecular weight is 220 g/mol. The molecule has 5 heteroatoms. The highest BCUT2D eigenvalue weighted by molar-refractivity contribution is 7.99. The Morgan fingerprint density at radius 1 is 1.21 bits per heavy atom. The van der Waals surface area contributed by atoms with E-state index in [4.69, 9.17) is 0 Å². The molecule has 1 unspecified atom stereocenters. The van der Waals surface area contributed by atoms with E-state index in [9.17, 15) is 9.59 Å². The highest BCUT2D eigenvalue weighted by Gasteiger charge is 2.10. The van der Waals surface area contributed by atoms with E-state index in [1.165, 1.54) is 14.2 Å². The summed E-state index contributed by atoms with van der Waals surface area (Å²) in [5.41, 5.74) is 0. The first kappa shape index (κ1) is 13.3. The van der Waals surface area contributed by atoms with Gasteiger partial charge in [-0.2, -0.15) is 11.8 Å². The third kappa shape index (κ3) is 6.77. The third-order valence-electron chi connectivity index (χ3n) is 1.62. The summed E-state index contributed by atoms with van der Waals surface area (Å²) in [5, 5.41) is 0.173. The van der Waals surface area contributed by atoms with E-state index in [2.05, 4.69) is 9.47 Å². The lowest BCUT2D eigenvalue weighted by molar-refractivity contribution is -0.141. The second-order valence-corrected chi connectivity index (χ2v) is 4.33. The van der Waals surface area contributed by atoms with Crippen LogP contribution < -0.4 is 0 Å². The van der Waals surface area contributed by atoms with Crippen molar-refractivity contribution in [1.82, 2.24) is 0 Å². The molecule has 0 saturated heterocycles. The molecular weight excluding hydrogens is 204 g/mol. The summed E-state index contributed by atoms with van der Waals surface area (Å²) in [6.07, 6.45) is 0.759. The zero-order valence-corrected chi connectivity index (χ0v) is 9.56. The van der Waals surface area contributed by atoms with Crippen molar-refractivity contribution in [3.8, 4) is 0 Å². The lowest BCUT2D eigenvalue weighted by Crippen LogP contribution is -2.10. The maximum Gasteiger partial charge on any atom is 0.306 e. The fourth-order valence-electron chi connectivity index (χ4n) is 0.822. The topological polar surface area (TPSA) is 52.6 Å². The van der Waals surface area contributed by atoms with Crippen LogP contribution in [0.1, 0.15) is 19.8 Å². The fraction of sp³-hybridized carbons (Fsp3) is 0.778. The molecule has 0 spiro atoms. The van der Waals surface area contributed by atoms with Gasteiger partial charge in [-0.3, -0.25) is 9.59 Å². The summed E-state index contributed by atoms with van der Waals surface area (Å²) >= 11 is 1.56. The molecule has 4 nitrogen and oxygen atoms in total. The van der Waals surface area contributed by atoms with Crippen LogP contribution in [-0.2, 0) is 19.1 Å². The van der Waals surface area contributed by atoms with Crippen LogP contribution in [0, 0.1) is 0 Å². The summed E-state index contributed by atoms with van der Waals surface area (Å²) < 4.78 is 9.02. The van der Waals surface area contributed by atoms with E-state index in [1.807, 2.05) is 6.92 Å². The van der Waals surface area contributed by atoms with Crippen molar-refractivity contribution < 1.29 is 19.1 Å². The lowest BCUT2D eigenvalue weighted by atomic mass is 10.3. The Morgan fingerprint density at radius 2 is 1.79 bits per heavy atom. The Hall–Kier alpha value is -0.710. The molecule has 0 aliphatic rings. The number of hydrogen-bond acceptors (Lipinski definition) is 5. The van der Waals surface area contributed by atoms with Gasteiger partial charge >= 0.3 is 11.9 Å². The van der Waals surface area contributed by atoms with Gasteiger partial charge < -0.3 is 9.47 Å². The number of thioether (sulfide) groups is 1. The predicted molar refractivity (Wildman–Crippen MR) is 55.2 cm³/mol. The van der Waals surface area contributed by atoms with E-state index < -0.39 is 0 Å². The van der Waals surface area contributed by atoms with Crippen molar-refractivity contribution >= 4 is 23.7 Å². The van der Waals surface area contributed by atoms with Crippen LogP contribution in [0.3, 0.4) is 0 Å². The molecule has 0 fully saturated rings. The first-order valence-electron chi connectivity index (χ1n) is 4.35. The van der Waals surface area contributed by atoms with Crippen molar-refractivity contribution in [2.45, 2.75) is 25.0 Å². The molecule has 14 heavy (non-hydrogen) atoms. The van der Waals surface area contributed by atoms with Crippen LogP contribution in [0.4, 0.5) is 0 Å². The van der Waals surface area contributed by atoms with Crippen molar-refractivity contribution in [1.29, 1.82) is 0 Å². The highest BCUT2D eigenvalue weighted by atomic mass is 32.2. The molecule has 0 saturated carbocycles. The Labute approximate surface area is 88.3 Å². The molecule has 0 aromatic carbocycles. The molecule has 0 rings (SSSR count). The Bertz CT molecular complexity index is 193. The van der Waals surface area contributed by atoms with Crippen LogP contribution in [0.25, 0.3) is 0 Å². The molecule has 0 aromatic heterocycles. The number of rotatable bonds is 6. The van der Waals surface area contributed by atoms with Gasteiger partial charge in [0.15, 0.2) is 0 Å². The third-order valence-corrected chi connectivity index (χ3v) is 2.79. The minimum atomic E-state index is -0.220. The zero-order chi connectivity index (χ0) is 11.0. The monoisotopic (exact) mass is 220 g/mol. The molecule has 0 N–H and O–H groups in total. The number of hydrogen-bond donors (Lipinski definition) is 0. The minimum Gasteiger partial charge on any atom is -0.469 e. The van der Waals surface area contributed by atoms with E-state index in [-0.39, 0.29) is 17.2 Å². The van der Waals surface area contributed by atoms with Gasteiger partial charge in [0.1, 0.15) is 0 Å². The van der Waals surface area contributed by atoms with Gasteiger partial charge in [-0.25, -0.2) is 0 Å². The molecule has 1 atom stereocenters. The summed E-state index contributed by atoms with van der Waals surface area (Å²) in [5.74, 6) is 0.232. The van der Waals surface area contributed by atoms with Gasteiger partial charge in [0.25, 0.3) is 0 Å². The summed E-state index contributed by atoms with van der Waals surface area (Å²) in [7, 11) is 2.74. The van der Waals surface area contributed by atoms with Crippen molar-refractivity contribution in [2.75, 3.05) is 20.0 Å². The number of ether oxygens (including phenoxy) is 2. The predicted octanol–water partition coefficient (Wildman–Crippen LogP) is 1.23. The van der Waals surface area contributed by atoms with E-state index in [0.717, 1.165) is 0 Å². The normalized spacial score (nSPS) is 11.9.